The number of nitrogens with two attached hydrogens (primary N) is 1. The summed E-state index contributed by atoms with van der Waals surface area (Å²) in [6, 6.07) is 0. The summed E-state index contributed by atoms with van der Waals surface area (Å²) in [7, 11) is 0. The molecule has 0 saturated heterocycles. The molecule has 118 valence electrons. The third kappa shape index (κ3) is 3.88. The summed E-state index contributed by atoms with van der Waals surface area (Å²) < 4.78 is 0. The van der Waals surface area contributed by atoms with Crippen LogP contribution in [0.25, 0.3) is 0 Å². The molecule has 0 aromatic heterocycles. The third-order valence-electron chi connectivity index (χ3n) is 5.54. The van der Waals surface area contributed by atoms with Gasteiger partial charge in [0.05, 0.1) is 5.54 Å². The largest absolute Gasteiger partial charge is 0.349 e. The summed E-state index contributed by atoms with van der Waals surface area (Å²) in [5, 5.41) is 3.21. The number of hydrogen-bond donors (Lipinski definition) is 2. The van der Waals surface area contributed by atoms with E-state index in [2.05, 4.69) is 26.1 Å². The Hall–Kier alpha value is -0.280. The van der Waals surface area contributed by atoms with Gasteiger partial charge in [0, 0.05) is 12.5 Å². The van der Waals surface area contributed by atoms with E-state index in [1.54, 1.807) is 0 Å². The van der Waals surface area contributed by atoms with E-state index in [1.165, 1.54) is 32.1 Å². The van der Waals surface area contributed by atoms with E-state index in [9.17, 15) is 4.79 Å². The number of nitrogens with one attached hydrogen (secondary N) is 1. The molecule has 0 radical (unpaired) electrons. The molecule has 0 bridgehead atoms. The Morgan fingerprint density at radius 1 is 1.30 bits per heavy atom. The minimum absolute atomic E-state index is 0. The zero-order valence-electron chi connectivity index (χ0n) is 13.2. The predicted octanol–water partition coefficient (Wildman–Crippen LogP) is 3.11. The average Bonchev–Trinajstić information content (AvgIpc) is 3.19. The summed E-state index contributed by atoms with van der Waals surface area (Å²) in [4.78, 5) is 12.4. The van der Waals surface area contributed by atoms with Crippen LogP contribution in [-0.2, 0) is 4.79 Å². The fourth-order valence-corrected chi connectivity index (χ4v) is 3.40. The highest BCUT2D eigenvalue weighted by atomic mass is 35.5. The van der Waals surface area contributed by atoms with Crippen molar-refractivity contribution in [2.24, 2.45) is 29.4 Å². The lowest BCUT2D eigenvalue weighted by Crippen LogP contribution is -2.55. The Balaban J connectivity index is 0.00000200. The molecule has 2 rings (SSSR count). The van der Waals surface area contributed by atoms with Crippen molar-refractivity contribution in [1.82, 2.24) is 5.32 Å². The fraction of sp³-hybridized carbons (Fsp3) is 0.938. The molecule has 3 nitrogen and oxygen atoms in total. The SMILES string of the molecule is CC(C)C(C)(CN)NC(=O)C1CC1C1CCCCC1.Cl. The predicted molar refractivity (Wildman–Crippen MR) is 85.9 cm³/mol. The zero-order chi connectivity index (χ0) is 14.0. The van der Waals surface area contributed by atoms with Gasteiger partial charge in [-0.3, -0.25) is 4.79 Å². The summed E-state index contributed by atoms with van der Waals surface area (Å²) >= 11 is 0. The molecular weight excluding hydrogens is 272 g/mol. The second-order valence-corrected chi connectivity index (χ2v) is 7.17. The van der Waals surface area contributed by atoms with Crippen molar-refractivity contribution < 1.29 is 4.79 Å². The molecule has 20 heavy (non-hydrogen) atoms. The van der Waals surface area contributed by atoms with Crippen molar-refractivity contribution in [2.75, 3.05) is 6.54 Å². The van der Waals surface area contributed by atoms with E-state index < -0.39 is 0 Å². The van der Waals surface area contributed by atoms with Crippen LogP contribution in [0.15, 0.2) is 0 Å². The first-order valence-electron chi connectivity index (χ1n) is 8.00. The van der Waals surface area contributed by atoms with Crippen LogP contribution in [0.1, 0.15) is 59.3 Å². The van der Waals surface area contributed by atoms with Crippen molar-refractivity contribution >= 4 is 18.3 Å². The minimum Gasteiger partial charge on any atom is -0.349 e. The Labute approximate surface area is 129 Å². The number of halogens is 1. The molecule has 3 unspecified atom stereocenters. The smallest absolute Gasteiger partial charge is 0.223 e. The lowest BCUT2D eigenvalue weighted by atomic mass is 9.84. The molecule has 1 amide bonds. The van der Waals surface area contributed by atoms with E-state index in [-0.39, 0.29) is 29.8 Å². The molecule has 3 atom stereocenters. The molecule has 0 spiro atoms. The summed E-state index contributed by atoms with van der Waals surface area (Å²) in [6.45, 7) is 6.82. The van der Waals surface area contributed by atoms with Crippen LogP contribution in [0.3, 0.4) is 0 Å². The summed E-state index contributed by atoms with van der Waals surface area (Å²) in [5.74, 6) is 2.36. The standard InChI is InChI=1S/C16H30N2O.ClH/c1-11(2)16(3,10-17)18-15(19)14-9-13(14)12-7-5-4-6-8-12;/h11-14H,4-10,17H2,1-3H3,(H,18,19);1H. The lowest BCUT2D eigenvalue weighted by Gasteiger charge is -2.34. The van der Waals surface area contributed by atoms with Crippen LogP contribution in [0.2, 0.25) is 0 Å². The molecule has 2 fully saturated rings. The lowest BCUT2D eigenvalue weighted by molar-refractivity contribution is -0.125. The molecule has 0 aromatic carbocycles. The van der Waals surface area contributed by atoms with Crippen molar-refractivity contribution in [3.8, 4) is 0 Å². The van der Waals surface area contributed by atoms with Crippen LogP contribution >= 0.6 is 12.4 Å². The summed E-state index contributed by atoms with van der Waals surface area (Å²) in [5.41, 5.74) is 5.59. The second-order valence-electron chi connectivity index (χ2n) is 7.17. The first-order valence-corrected chi connectivity index (χ1v) is 8.00. The topological polar surface area (TPSA) is 55.1 Å². The van der Waals surface area contributed by atoms with Crippen molar-refractivity contribution in [3.05, 3.63) is 0 Å². The van der Waals surface area contributed by atoms with Crippen molar-refractivity contribution in [2.45, 2.75) is 64.8 Å². The van der Waals surface area contributed by atoms with Crippen LogP contribution in [0.4, 0.5) is 0 Å². The van der Waals surface area contributed by atoms with E-state index in [0.717, 1.165) is 12.3 Å². The molecule has 0 aromatic rings. The van der Waals surface area contributed by atoms with E-state index in [1.807, 2.05) is 0 Å². The first kappa shape index (κ1) is 17.8. The molecule has 4 heteroatoms. The van der Waals surface area contributed by atoms with Gasteiger partial charge in [-0.15, -0.1) is 12.4 Å². The molecule has 2 aliphatic rings. The molecule has 0 heterocycles. The molecule has 0 aliphatic heterocycles. The Morgan fingerprint density at radius 3 is 2.40 bits per heavy atom. The molecule has 2 saturated carbocycles. The maximum Gasteiger partial charge on any atom is 0.223 e. The second kappa shape index (κ2) is 7.13. The van der Waals surface area contributed by atoms with Crippen molar-refractivity contribution in [1.29, 1.82) is 0 Å². The van der Waals surface area contributed by atoms with Gasteiger partial charge >= 0.3 is 0 Å². The number of amides is 1. The van der Waals surface area contributed by atoms with Gasteiger partial charge in [-0.25, -0.2) is 0 Å². The number of hydrogen-bond acceptors (Lipinski definition) is 2. The number of carbonyl (C=O) groups excluding carboxylic acids is 1. The average molecular weight is 303 g/mol. The number of rotatable bonds is 5. The van der Waals surface area contributed by atoms with E-state index in [4.69, 9.17) is 5.73 Å². The molecule has 3 N–H and O–H groups in total. The van der Waals surface area contributed by atoms with Gasteiger partial charge in [0.2, 0.25) is 5.91 Å². The van der Waals surface area contributed by atoms with Gasteiger partial charge in [0.15, 0.2) is 0 Å². The molecular formula is C16H31ClN2O. The van der Waals surface area contributed by atoms with E-state index in [0.29, 0.717) is 18.4 Å². The Bertz CT molecular complexity index is 328. The van der Waals surface area contributed by atoms with Gasteiger partial charge in [0.25, 0.3) is 0 Å². The van der Waals surface area contributed by atoms with E-state index >= 15 is 0 Å². The highest BCUT2D eigenvalue weighted by Crippen LogP contribution is 2.49. The van der Waals surface area contributed by atoms with Gasteiger partial charge in [0.1, 0.15) is 0 Å². The van der Waals surface area contributed by atoms with Gasteiger partial charge < -0.3 is 11.1 Å². The van der Waals surface area contributed by atoms with Gasteiger partial charge in [-0.05, 0) is 31.1 Å². The highest BCUT2D eigenvalue weighted by Gasteiger charge is 2.48. The quantitative estimate of drug-likeness (QED) is 0.820. The minimum atomic E-state index is -0.253. The maximum absolute atomic E-state index is 12.4. The Kier molecular flexibility index (Phi) is 6.33. The normalized spacial score (nSPS) is 29.4. The van der Waals surface area contributed by atoms with Crippen LogP contribution < -0.4 is 11.1 Å². The van der Waals surface area contributed by atoms with Crippen LogP contribution in [-0.4, -0.2) is 18.0 Å². The molecule has 2 aliphatic carbocycles. The third-order valence-corrected chi connectivity index (χ3v) is 5.54. The highest BCUT2D eigenvalue weighted by molar-refractivity contribution is 5.85. The zero-order valence-corrected chi connectivity index (χ0v) is 14.0. The monoisotopic (exact) mass is 302 g/mol. The Morgan fingerprint density at radius 2 is 1.90 bits per heavy atom. The number of carbonyl (C=O) groups is 1. The first-order chi connectivity index (χ1) is 8.98. The van der Waals surface area contributed by atoms with Crippen molar-refractivity contribution in [3.63, 3.8) is 0 Å². The van der Waals surface area contributed by atoms with Crippen LogP contribution in [0, 0.1) is 23.7 Å². The fourth-order valence-electron chi connectivity index (χ4n) is 3.40. The van der Waals surface area contributed by atoms with Gasteiger partial charge in [-0.2, -0.15) is 0 Å². The van der Waals surface area contributed by atoms with Crippen LogP contribution in [0.5, 0.6) is 0 Å². The summed E-state index contributed by atoms with van der Waals surface area (Å²) in [6.07, 6.45) is 7.90. The maximum atomic E-state index is 12.4. The van der Waals surface area contributed by atoms with Gasteiger partial charge in [-0.1, -0.05) is 46.0 Å².